The highest BCUT2D eigenvalue weighted by molar-refractivity contribution is 6.11. The Balaban J connectivity index is 1.69. The Bertz CT molecular complexity index is 1340. The molecule has 32 heavy (non-hydrogen) atoms. The number of rotatable bonds is 4. The highest BCUT2D eigenvalue weighted by atomic mass is 19.1. The molecule has 0 aliphatic carbocycles. The molecule has 7 heteroatoms. The zero-order valence-electron chi connectivity index (χ0n) is 17.0. The number of hydrogen-bond acceptors (Lipinski definition) is 3. The lowest BCUT2D eigenvalue weighted by atomic mass is 9.95. The van der Waals surface area contributed by atoms with Gasteiger partial charge in [0.05, 0.1) is 17.3 Å². The Morgan fingerprint density at radius 1 is 1.06 bits per heavy atom. The number of halogens is 1. The van der Waals surface area contributed by atoms with Crippen LogP contribution in [0.15, 0.2) is 72.8 Å². The lowest BCUT2D eigenvalue weighted by Crippen LogP contribution is -2.29. The third kappa shape index (κ3) is 3.15. The number of aromatic nitrogens is 2. The first-order chi connectivity index (χ1) is 15.4. The molecule has 1 aliphatic heterocycles. The van der Waals surface area contributed by atoms with E-state index in [1.54, 1.807) is 29.2 Å². The lowest BCUT2D eigenvalue weighted by molar-refractivity contribution is 0.0696. The van der Waals surface area contributed by atoms with Crippen molar-refractivity contribution in [2.45, 2.75) is 13.0 Å². The predicted octanol–water partition coefficient (Wildman–Crippen LogP) is 4.97. The number of carbonyl (C=O) groups excluding carboxylic acids is 1. The van der Waals surface area contributed by atoms with Gasteiger partial charge in [0.2, 0.25) is 0 Å². The molecule has 0 bridgehead atoms. The summed E-state index contributed by atoms with van der Waals surface area (Å²) in [5.41, 5.74) is 4.76. The first-order valence-electron chi connectivity index (χ1n) is 10.0. The minimum absolute atomic E-state index is 0.114. The fourth-order valence-corrected chi connectivity index (χ4v) is 4.10. The third-order valence-corrected chi connectivity index (χ3v) is 5.65. The van der Waals surface area contributed by atoms with Crippen LogP contribution in [0.1, 0.15) is 43.6 Å². The number of nitrogens with zero attached hydrogens (tertiary/aromatic N) is 2. The zero-order chi connectivity index (χ0) is 22.4. The predicted molar refractivity (Wildman–Crippen MR) is 117 cm³/mol. The van der Waals surface area contributed by atoms with Gasteiger partial charge in [-0.05, 0) is 48.9 Å². The topological polar surface area (TPSA) is 86.3 Å². The summed E-state index contributed by atoms with van der Waals surface area (Å²) in [6.07, 6.45) is 0. The van der Waals surface area contributed by atoms with Gasteiger partial charge in [0, 0.05) is 16.8 Å². The van der Waals surface area contributed by atoms with Crippen LogP contribution in [0.25, 0.3) is 11.3 Å². The summed E-state index contributed by atoms with van der Waals surface area (Å²) in [5, 5.41) is 16.5. The molecule has 6 nitrogen and oxygen atoms in total. The van der Waals surface area contributed by atoms with Crippen LogP contribution >= 0.6 is 0 Å². The number of anilines is 1. The minimum atomic E-state index is -1.05. The van der Waals surface area contributed by atoms with Crippen molar-refractivity contribution < 1.29 is 19.1 Å². The highest BCUT2D eigenvalue weighted by Gasteiger charge is 2.43. The van der Waals surface area contributed by atoms with Gasteiger partial charge in [-0.3, -0.25) is 14.8 Å². The van der Waals surface area contributed by atoms with Crippen LogP contribution in [-0.4, -0.2) is 27.2 Å². The second-order valence-electron chi connectivity index (χ2n) is 7.71. The summed E-state index contributed by atoms with van der Waals surface area (Å²) >= 11 is 0. The minimum Gasteiger partial charge on any atom is -0.478 e. The Labute approximate surface area is 182 Å². The van der Waals surface area contributed by atoms with Crippen LogP contribution in [-0.2, 0) is 0 Å². The molecular formula is C25H18FN3O3. The quantitative estimate of drug-likeness (QED) is 0.481. The number of carboxylic acids is 1. The Morgan fingerprint density at radius 3 is 2.44 bits per heavy atom. The summed E-state index contributed by atoms with van der Waals surface area (Å²) in [4.78, 5) is 26.2. The van der Waals surface area contributed by atoms with Crippen LogP contribution in [0.5, 0.6) is 0 Å². The molecule has 0 spiro atoms. The van der Waals surface area contributed by atoms with E-state index in [1.807, 2.05) is 31.2 Å². The second kappa shape index (κ2) is 7.46. The average molecular weight is 427 g/mol. The fourth-order valence-electron chi connectivity index (χ4n) is 4.10. The molecule has 3 aromatic carbocycles. The Morgan fingerprint density at radius 2 is 1.78 bits per heavy atom. The van der Waals surface area contributed by atoms with Crippen molar-refractivity contribution in [1.29, 1.82) is 0 Å². The number of amides is 1. The number of aryl methyl sites for hydroxylation is 1. The first-order valence-corrected chi connectivity index (χ1v) is 10.0. The smallest absolute Gasteiger partial charge is 0.335 e. The van der Waals surface area contributed by atoms with Crippen molar-refractivity contribution >= 4 is 17.6 Å². The van der Waals surface area contributed by atoms with E-state index in [4.69, 9.17) is 0 Å². The maximum atomic E-state index is 14.2. The number of hydrogen-bond donors (Lipinski definition) is 2. The number of H-pyrrole nitrogens is 1. The molecule has 0 saturated carbocycles. The van der Waals surface area contributed by atoms with Crippen molar-refractivity contribution in [3.63, 3.8) is 0 Å². The van der Waals surface area contributed by atoms with E-state index in [1.165, 1.54) is 24.3 Å². The van der Waals surface area contributed by atoms with Gasteiger partial charge in [-0.15, -0.1) is 0 Å². The molecule has 2 heterocycles. The van der Waals surface area contributed by atoms with Crippen molar-refractivity contribution in [1.82, 2.24) is 10.2 Å². The van der Waals surface area contributed by atoms with Crippen LogP contribution in [0.2, 0.25) is 0 Å². The van der Waals surface area contributed by atoms with Crippen molar-refractivity contribution in [3.05, 3.63) is 107 Å². The van der Waals surface area contributed by atoms with Gasteiger partial charge in [0.1, 0.15) is 11.5 Å². The summed E-state index contributed by atoms with van der Waals surface area (Å²) < 4.78 is 14.2. The molecule has 5 rings (SSSR count). The molecule has 158 valence electrons. The van der Waals surface area contributed by atoms with Gasteiger partial charge in [-0.2, -0.15) is 5.10 Å². The van der Waals surface area contributed by atoms with Gasteiger partial charge >= 0.3 is 5.97 Å². The average Bonchev–Trinajstić information content (AvgIpc) is 3.33. The molecule has 1 aromatic heterocycles. The van der Waals surface area contributed by atoms with Crippen LogP contribution in [0.3, 0.4) is 0 Å². The molecule has 1 aliphatic rings. The Kier molecular flexibility index (Phi) is 4.59. The summed E-state index contributed by atoms with van der Waals surface area (Å²) in [7, 11) is 0. The van der Waals surface area contributed by atoms with E-state index in [-0.39, 0.29) is 11.5 Å². The molecule has 0 unspecified atom stereocenters. The first kappa shape index (κ1) is 19.7. The number of benzene rings is 3. The second-order valence-corrected chi connectivity index (χ2v) is 7.71. The largest absolute Gasteiger partial charge is 0.478 e. The molecule has 0 saturated heterocycles. The van der Waals surface area contributed by atoms with Gasteiger partial charge in [0.25, 0.3) is 5.91 Å². The van der Waals surface area contributed by atoms with Crippen molar-refractivity contribution in [2.75, 3.05) is 4.90 Å². The van der Waals surface area contributed by atoms with Crippen molar-refractivity contribution in [3.8, 4) is 11.3 Å². The van der Waals surface area contributed by atoms with Crippen LogP contribution in [0.4, 0.5) is 10.1 Å². The molecule has 4 aromatic rings. The molecule has 1 amide bonds. The van der Waals surface area contributed by atoms with Gasteiger partial charge in [-0.1, -0.05) is 42.0 Å². The molecule has 1 atom stereocenters. The Hall–Kier alpha value is -4.26. The van der Waals surface area contributed by atoms with Crippen molar-refractivity contribution in [2.24, 2.45) is 0 Å². The standard InChI is InChI=1S/C25H18FN3O3/c1-14-5-7-15(8-6-14)21-20-22(28-27-21)24(30)29(19-11-9-16(10-12-19)25(31)32)23(20)17-3-2-4-18(26)13-17/h2-13,23H,1H3,(H,27,28)(H,31,32)/t23-/m0/s1. The molecular weight excluding hydrogens is 409 g/mol. The molecule has 0 fully saturated rings. The monoisotopic (exact) mass is 427 g/mol. The van der Waals surface area contributed by atoms with E-state index in [2.05, 4.69) is 10.2 Å². The number of aromatic carboxylic acids is 1. The normalized spacial score (nSPS) is 15.1. The summed E-state index contributed by atoms with van der Waals surface area (Å²) in [6.45, 7) is 1.99. The fraction of sp³-hybridized carbons (Fsp3) is 0.0800. The molecule has 0 radical (unpaired) electrons. The number of carbonyl (C=O) groups is 2. The van der Waals surface area contributed by atoms with E-state index in [9.17, 15) is 19.1 Å². The van der Waals surface area contributed by atoms with Crippen LogP contribution in [0, 0.1) is 12.7 Å². The number of carboxylic acid groups (broad SMARTS) is 1. The number of aromatic amines is 1. The SMILES string of the molecule is Cc1ccc(-c2n[nH]c3c2[C@H](c2cccc(F)c2)N(c2ccc(C(=O)O)cc2)C3=O)cc1. The number of fused-ring (bicyclic) bond motifs is 1. The van der Waals surface area contributed by atoms with E-state index >= 15 is 0 Å². The van der Waals surface area contributed by atoms with E-state index < -0.39 is 17.8 Å². The zero-order valence-corrected chi connectivity index (χ0v) is 17.0. The summed E-state index contributed by atoms with van der Waals surface area (Å²) in [5.74, 6) is -1.78. The lowest BCUT2D eigenvalue weighted by Gasteiger charge is -2.26. The third-order valence-electron chi connectivity index (χ3n) is 5.65. The van der Waals surface area contributed by atoms with Gasteiger partial charge in [-0.25, -0.2) is 9.18 Å². The highest BCUT2D eigenvalue weighted by Crippen LogP contribution is 2.45. The summed E-state index contributed by atoms with van der Waals surface area (Å²) in [6, 6.07) is 19.3. The maximum absolute atomic E-state index is 14.2. The number of nitrogens with one attached hydrogen (secondary N) is 1. The van der Waals surface area contributed by atoms with E-state index in [0.29, 0.717) is 28.2 Å². The molecule has 2 N–H and O–H groups in total. The van der Waals surface area contributed by atoms with Crippen LogP contribution < -0.4 is 4.90 Å². The van der Waals surface area contributed by atoms with E-state index in [0.717, 1.165) is 11.1 Å². The maximum Gasteiger partial charge on any atom is 0.335 e. The van der Waals surface area contributed by atoms with Gasteiger partial charge < -0.3 is 5.11 Å². The van der Waals surface area contributed by atoms with Gasteiger partial charge in [0.15, 0.2) is 0 Å².